The lowest BCUT2D eigenvalue weighted by molar-refractivity contribution is 0.0594. The van der Waals surface area contributed by atoms with Gasteiger partial charge in [-0.3, -0.25) is 0 Å². The highest BCUT2D eigenvalue weighted by Gasteiger charge is 2.02. The summed E-state index contributed by atoms with van der Waals surface area (Å²) in [5.74, 6) is 0. The minimum atomic E-state index is -0.337. The maximum Gasteiger partial charge on any atom is 0.0785 e. The monoisotopic (exact) mass is 218 g/mol. The largest absolute Gasteiger partial charge is 0.391 e. The number of nitrogens with zero attached hydrogens (tertiary/aromatic N) is 1. The van der Waals surface area contributed by atoms with E-state index < -0.39 is 0 Å². The van der Waals surface area contributed by atoms with Gasteiger partial charge in [0.05, 0.1) is 12.7 Å². The van der Waals surface area contributed by atoms with E-state index in [4.69, 9.17) is 4.74 Å². The molecule has 0 heterocycles. The van der Waals surface area contributed by atoms with E-state index in [1.807, 2.05) is 0 Å². The minimum absolute atomic E-state index is 0.337. The van der Waals surface area contributed by atoms with Gasteiger partial charge in [-0.05, 0) is 26.1 Å². The van der Waals surface area contributed by atoms with Gasteiger partial charge in [0.15, 0.2) is 0 Å². The van der Waals surface area contributed by atoms with Gasteiger partial charge in [0.1, 0.15) is 0 Å². The topological polar surface area (TPSA) is 44.7 Å². The van der Waals surface area contributed by atoms with Crippen LogP contribution >= 0.6 is 0 Å². The number of nitrogens with one attached hydrogen (secondary N) is 1. The molecule has 0 amide bonds. The Bertz CT molecular complexity index is 130. The van der Waals surface area contributed by atoms with Crippen molar-refractivity contribution in [3.05, 3.63) is 0 Å². The molecule has 0 aliphatic rings. The molecule has 0 spiro atoms. The maximum absolute atomic E-state index is 9.37. The number of hydrogen-bond acceptors (Lipinski definition) is 4. The first kappa shape index (κ1) is 14.8. The van der Waals surface area contributed by atoms with E-state index in [1.165, 1.54) is 0 Å². The van der Waals surface area contributed by atoms with E-state index in [0.29, 0.717) is 6.61 Å². The van der Waals surface area contributed by atoms with Crippen LogP contribution in [0.25, 0.3) is 0 Å². The zero-order valence-electron chi connectivity index (χ0n) is 10.3. The normalized spacial score (nSPS) is 13.4. The fourth-order valence-corrected chi connectivity index (χ4v) is 1.45. The third-order valence-electron chi connectivity index (χ3n) is 2.51. The fourth-order valence-electron chi connectivity index (χ4n) is 1.45. The number of methoxy groups -OCH3 is 1. The van der Waals surface area contributed by atoms with Gasteiger partial charge in [-0.25, -0.2) is 0 Å². The zero-order chi connectivity index (χ0) is 11.5. The molecular weight excluding hydrogens is 192 g/mol. The molecule has 92 valence electrons. The summed E-state index contributed by atoms with van der Waals surface area (Å²) in [7, 11) is 1.61. The van der Waals surface area contributed by atoms with E-state index in [-0.39, 0.29) is 6.10 Å². The molecule has 0 aromatic rings. The molecule has 0 fully saturated rings. The number of likely N-dealkylation sites (N-methyl/N-ethyl adjacent to an activating group) is 1. The first-order valence-corrected chi connectivity index (χ1v) is 5.84. The van der Waals surface area contributed by atoms with Crippen LogP contribution in [-0.4, -0.2) is 62.6 Å². The number of rotatable bonds is 10. The molecule has 4 heteroatoms. The van der Waals surface area contributed by atoms with Gasteiger partial charge in [-0.15, -0.1) is 0 Å². The summed E-state index contributed by atoms with van der Waals surface area (Å²) in [6, 6.07) is 0. The Balaban J connectivity index is 3.23. The van der Waals surface area contributed by atoms with Crippen LogP contribution in [0, 0.1) is 0 Å². The van der Waals surface area contributed by atoms with Crippen molar-refractivity contribution in [2.75, 3.05) is 46.4 Å². The first-order valence-electron chi connectivity index (χ1n) is 5.84. The highest BCUT2D eigenvalue weighted by Crippen LogP contribution is 1.90. The van der Waals surface area contributed by atoms with Gasteiger partial charge in [0, 0.05) is 20.2 Å². The lowest BCUT2D eigenvalue weighted by Gasteiger charge is -2.18. The third kappa shape index (κ3) is 8.81. The Morgan fingerprint density at radius 3 is 2.47 bits per heavy atom. The average Bonchev–Trinajstić information content (AvgIpc) is 2.24. The van der Waals surface area contributed by atoms with Crippen LogP contribution in [0.4, 0.5) is 0 Å². The molecule has 1 unspecified atom stereocenters. The van der Waals surface area contributed by atoms with Crippen molar-refractivity contribution in [3.8, 4) is 0 Å². The van der Waals surface area contributed by atoms with Gasteiger partial charge in [0.25, 0.3) is 0 Å². The van der Waals surface area contributed by atoms with Crippen LogP contribution in [0.15, 0.2) is 0 Å². The predicted molar refractivity (Wildman–Crippen MR) is 63.2 cm³/mol. The second-order valence-corrected chi connectivity index (χ2v) is 3.67. The van der Waals surface area contributed by atoms with Crippen molar-refractivity contribution >= 4 is 0 Å². The van der Waals surface area contributed by atoms with Crippen LogP contribution < -0.4 is 5.32 Å². The second kappa shape index (κ2) is 10.4. The van der Waals surface area contributed by atoms with E-state index in [9.17, 15) is 5.11 Å². The molecule has 1 atom stereocenters. The quantitative estimate of drug-likeness (QED) is 0.518. The number of hydrogen-bond donors (Lipinski definition) is 2. The molecular formula is C11H26N2O2. The highest BCUT2D eigenvalue weighted by atomic mass is 16.5. The number of ether oxygens (including phenoxy) is 1. The molecule has 2 N–H and O–H groups in total. The van der Waals surface area contributed by atoms with Crippen LogP contribution in [0.5, 0.6) is 0 Å². The number of aliphatic hydroxyl groups is 1. The van der Waals surface area contributed by atoms with Crippen LogP contribution in [0.3, 0.4) is 0 Å². The summed E-state index contributed by atoms with van der Waals surface area (Å²) >= 11 is 0. The van der Waals surface area contributed by atoms with Crippen LogP contribution in [-0.2, 0) is 4.74 Å². The van der Waals surface area contributed by atoms with Crippen LogP contribution in [0.1, 0.15) is 20.3 Å². The van der Waals surface area contributed by atoms with E-state index >= 15 is 0 Å². The van der Waals surface area contributed by atoms with Gasteiger partial charge in [-0.1, -0.05) is 13.8 Å². The summed E-state index contributed by atoms with van der Waals surface area (Å²) < 4.78 is 4.85. The highest BCUT2D eigenvalue weighted by molar-refractivity contribution is 4.59. The molecule has 0 aromatic carbocycles. The summed E-state index contributed by atoms with van der Waals surface area (Å²) in [5, 5.41) is 12.7. The molecule has 0 aliphatic carbocycles. The van der Waals surface area contributed by atoms with Crippen molar-refractivity contribution in [1.82, 2.24) is 10.2 Å². The SMILES string of the molecule is CCN(CC)CCNCCC(O)COC. The van der Waals surface area contributed by atoms with Crippen LogP contribution in [0.2, 0.25) is 0 Å². The molecule has 0 saturated carbocycles. The standard InChI is InChI=1S/C11H26N2O2/c1-4-13(5-2)9-8-12-7-6-11(14)10-15-3/h11-12,14H,4-10H2,1-3H3. The van der Waals surface area contributed by atoms with Crippen molar-refractivity contribution in [2.24, 2.45) is 0 Å². The van der Waals surface area contributed by atoms with Crippen molar-refractivity contribution < 1.29 is 9.84 Å². The van der Waals surface area contributed by atoms with Gasteiger partial charge >= 0.3 is 0 Å². The molecule has 0 bridgehead atoms. The van der Waals surface area contributed by atoms with E-state index in [1.54, 1.807) is 7.11 Å². The van der Waals surface area contributed by atoms with Crippen molar-refractivity contribution in [3.63, 3.8) is 0 Å². The Morgan fingerprint density at radius 1 is 1.27 bits per heavy atom. The summed E-state index contributed by atoms with van der Waals surface area (Å²) in [6.45, 7) is 9.89. The molecule has 15 heavy (non-hydrogen) atoms. The molecule has 0 rings (SSSR count). The molecule has 0 aromatic heterocycles. The Labute approximate surface area is 93.6 Å². The lowest BCUT2D eigenvalue weighted by Crippen LogP contribution is -2.33. The second-order valence-electron chi connectivity index (χ2n) is 3.67. The Hall–Kier alpha value is -0.160. The smallest absolute Gasteiger partial charge is 0.0785 e. The molecule has 0 saturated heterocycles. The predicted octanol–water partition coefficient (Wildman–Crippen LogP) is 0.315. The minimum Gasteiger partial charge on any atom is -0.391 e. The first-order chi connectivity index (χ1) is 7.24. The average molecular weight is 218 g/mol. The Kier molecular flexibility index (Phi) is 10.3. The van der Waals surface area contributed by atoms with Gasteiger partial charge in [-0.2, -0.15) is 0 Å². The molecule has 4 nitrogen and oxygen atoms in total. The number of aliphatic hydroxyl groups excluding tert-OH is 1. The fraction of sp³-hybridized carbons (Fsp3) is 1.00. The van der Waals surface area contributed by atoms with Crippen molar-refractivity contribution in [1.29, 1.82) is 0 Å². The summed E-state index contributed by atoms with van der Waals surface area (Å²) in [5.41, 5.74) is 0. The lowest BCUT2D eigenvalue weighted by atomic mass is 10.2. The van der Waals surface area contributed by atoms with Crippen molar-refractivity contribution in [2.45, 2.75) is 26.4 Å². The summed E-state index contributed by atoms with van der Waals surface area (Å²) in [4.78, 5) is 2.37. The third-order valence-corrected chi connectivity index (χ3v) is 2.51. The Morgan fingerprint density at radius 2 is 1.93 bits per heavy atom. The van der Waals surface area contributed by atoms with E-state index in [0.717, 1.165) is 39.1 Å². The zero-order valence-corrected chi connectivity index (χ0v) is 10.3. The summed E-state index contributed by atoms with van der Waals surface area (Å²) in [6.07, 6.45) is 0.419. The van der Waals surface area contributed by atoms with E-state index in [2.05, 4.69) is 24.1 Å². The molecule has 0 radical (unpaired) electrons. The van der Waals surface area contributed by atoms with Gasteiger partial charge in [0.2, 0.25) is 0 Å². The molecule has 0 aliphatic heterocycles. The maximum atomic E-state index is 9.37. The van der Waals surface area contributed by atoms with Gasteiger partial charge < -0.3 is 20.1 Å².